The summed E-state index contributed by atoms with van der Waals surface area (Å²) in [5.41, 5.74) is 6.55. The van der Waals surface area contributed by atoms with Crippen LogP contribution in [0.25, 0.3) is 0 Å². The lowest BCUT2D eigenvalue weighted by Gasteiger charge is -2.13. The molecule has 0 saturated carbocycles. The van der Waals surface area contributed by atoms with Gasteiger partial charge in [0.25, 0.3) is 0 Å². The SMILES string of the molecule is CCCCc1cc(CC[SiH2]c2cc(C)cc(C)c2)cc(CCCC)c1O. The van der Waals surface area contributed by atoms with E-state index in [1.165, 1.54) is 46.7 Å². The number of benzene rings is 2. The van der Waals surface area contributed by atoms with Gasteiger partial charge in [0.05, 0.1) is 9.52 Å². The van der Waals surface area contributed by atoms with Gasteiger partial charge in [0.1, 0.15) is 5.75 Å². The molecule has 0 heterocycles. The molecule has 0 unspecified atom stereocenters. The average Bonchev–Trinajstić information content (AvgIpc) is 2.59. The Bertz CT molecular complexity index is 656. The molecular formula is C24H36OSi. The van der Waals surface area contributed by atoms with Gasteiger partial charge in [0, 0.05) is 0 Å². The Morgan fingerprint density at radius 2 is 1.31 bits per heavy atom. The minimum Gasteiger partial charge on any atom is -0.507 e. The molecule has 2 aromatic rings. The third kappa shape index (κ3) is 6.32. The highest BCUT2D eigenvalue weighted by Gasteiger charge is 2.10. The van der Waals surface area contributed by atoms with E-state index in [1.807, 2.05) is 0 Å². The maximum Gasteiger partial charge on any atom is 0.121 e. The van der Waals surface area contributed by atoms with Crippen LogP contribution in [0.4, 0.5) is 0 Å². The van der Waals surface area contributed by atoms with Crippen LogP contribution in [0.3, 0.4) is 0 Å². The fourth-order valence-electron chi connectivity index (χ4n) is 3.80. The van der Waals surface area contributed by atoms with Crippen LogP contribution in [0.1, 0.15) is 67.3 Å². The number of unbranched alkanes of at least 4 members (excludes halogenated alkanes) is 2. The van der Waals surface area contributed by atoms with Gasteiger partial charge in [-0.25, -0.2) is 0 Å². The molecule has 2 rings (SSSR count). The van der Waals surface area contributed by atoms with Crippen LogP contribution in [0.5, 0.6) is 5.75 Å². The molecule has 0 aliphatic rings. The summed E-state index contributed by atoms with van der Waals surface area (Å²) in [6, 6.07) is 12.9. The summed E-state index contributed by atoms with van der Waals surface area (Å²) in [6.07, 6.45) is 7.82. The van der Waals surface area contributed by atoms with Gasteiger partial charge in [-0.2, -0.15) is 0 Å². The zero-order chi connectivity index (χ0) is 18.9. The molecule has 2 heteroatoms. The number of aromatic hydroxyl groups is 1. The molecule has 26 heavy (non-hydrogen) atoms. The second kappa shape index (κ2) is 10.6. The Morgan fingerprint density at radius 3 is 1.81 bits per heavy atom. The summed E-state index contributed by atoms with van der Waals surface area (Å²) < 4.78 is 0. The summed E-state index contributed by atoms with van der Waals surface area (Å²) in [4.78, 5) is 0. The summed E-state index contributed by atoms with van der Waals surface area (Å²) in [5.74, 6) is 0.571. The molecule has 0 aliphatic carbocycles. The fraction of sp³-hybridized carbons (Fsp3) is 0.500. The van der Waals surface area contributed by atoms with E-state index >= 15 is 0 Å². The fourth-order valence-corrected chi connectivity index (χ4v) is 5.73. The first-order valence-electron chi connectivity index (χ1n) is 10.4. The predicted octanol–water partition coefficient (Wildman–Crippen LogP) is 5.15. The maximum atomic E-state index is 10.6. The van der Waals surface area contributed by atoms with Crippen molar-refractivity contribution in [1.82, 2.24) is 0 Å². The number of phenolic OH excluding ortho intramolecular Hbond substituents is 1. The van der Waals surface area contributed by atoms with E-state index in [-0.39, 0.29) is 9.52 Å². The van der Waals surface area contributed by atoms with E-state index in [0.29, 0.717) is 5.75 Å². The maximum absolute atomic E-state index is 10.6. The van der Waals surface area contributed by atoms with Gasteiger partial charge in [0.2, 0.25) is 0 Å². The molecular weight excluding hydrogens is 332 g/mol. The van der Waals surface area contributed by atoms with Crippen molar-refractivity contribution < 1.29 is 5.11 Å². The molecule has 0 radical (unpaired) electrons. The van der Waals surface area contributed by atoms with Gasteiger partial charge in [-0.05, 0) is 62.6 Å². The molecule has 0 amide bonds. The van der Waals surface area contributed by atoms with E-state index < -0.39 is 0 Å². The standard InChI is InChI=1S/C24H36OSi/c1-5-7-9-21-16-20(17-22(24(21)25)10-8-6-2)11-12-26-23-14-18(3)13-19(4)15-23/h13-17,25H,5-12,26H2,1-4H3. The van der Waals surface area contributed by atoms with Crippen LogP contribution in [-0.2, 0) is 19.3 Å². The highest BCUT2D eigenvalue weighted by Crippen LogP contribution is 2.28. The van der Waals surface area contributed by atoms with Crippen LogP contribution < -0.4 is 5.19 Å². The van der Waals surface area contributed by atoms with Crippen LogP contribution in [-0.4, -0.2) is 14.6 Å². The summed E-state index contributed by atoms with van der Waals surface area (Å²) in [7, 11) is -0.227. The third-order valence-electron chi connectivity index (χ3n) is 5.14. The van der Waals surface area contributed by atoms with E-state index in [2.05, 4.69) is 58.0 Å². The van der Waals surface area contributed by atoms with Crippen LogP contribution in [0, 0.1) is 13.8 Å². The molecule has 0 saturated heterocycles. The van der Waals surface area contributed by atoms with Gasteiger partial charge in [-0.15, -0.1) is 0 Å². The van der Waals surface area contributed by atoms with Crippen LogP contribution in [0.2, 0.25) is 6.04 Å². The van der Waals surface area contributed by atoms with Gasteiger partial charge in [0.15, 0.2) is 0 Å². The number of aryl methyl sites for hydroxylation is 5. The van der Waals surface area contributed by atoms with Crippen molar-refractivity contribution in [1.29, 1.82) is 0 Å². The van der Waals surface area contributed by atoms with Gasteiger partial charge >= 0.3 is 0 Å². The Hall–Kier alpha value is -1.54. The van der Waals surface area contributed by atoms with E-state index in [0.717, 1.165) is 32.1 Å². The summed E-state index contributed by atoms with van der Waals surface area (Å²) >= 11 is 0. The van der Waals surface area contributed by atoms with Crippen molar-refractivity contribution in [2.75, 3.05) is 0 Å². The zero-order valence-corrected chi connectivity index (χ0v) is 18.6. The molecule has 0 spiro atoms. The molecule has 142 valence electrons. The Morgan fingerprint density at radius 1 is 0.769 bits per heavy atom. The Labute approximate surface area is 162 Å². The van der Waals surface area contributed by atoms with E-state index in [4.69, 9.17) is 0 Å². The lowest BCUT2D eigenvalue weighted by molar-refractivity contribution is 0.458. The molecule has 0 aliphatic heterocycles. The molecule has 0 bridgehead atoms. The minimum atomic E-state index is -0.227. The lowest BCUT2D eigenvalue weighted by Crippen LogP contribution is -2.15. The van der Waals surface area contributed by atoms with Crippen molar-refractivity contribution in [3.05, 3.63) is 58.1 Å². The van der Waals surface area contributed by atoms with Crippen molar-refractivity contribution in [2.24, 2.45) is 0 Å². The monoisotopic (exact) mass is 368 g/mol. The zero-order valence-electron chi connectivity index (χ0n) is 17.2. The Kier molecular flexibility index (Phi) is 8.44. The van der Waals surface area contributed by atoms with Gasteiger partial charge in [-0.3, -0.25) is 0 Å². The largest absolute Gasteiger partial charge is 0.507 e. The molecule has 0 fully saturated rings. The highest BCUT2D eigenvalue weighted by atomic mass is 28.2. The minimum absolute atomic E-state index is 0.227. The Balaban J connectivity index is 2.08. The number of phenols is 1. The van der Waals surface area contributed by atoms with E-state index in [1.54, 1.807) is 5.19 Å². The second-order valence-corrected chi connectivity index (χ2v) is 9.84. The first-order chi connectivity index (χ1) is 12.5. The smallest absolute Gasteiger partial charge is 0.121 e. The molecule has 2 aromatic carbocycles. The summed E-state index contributed by atoms with van der Waals surface area (Å²) in [6.45, 7) is 8.83. The number of rotatable bonds is 10. The topological polar surface area (TPSA) is 20.2 Å². The third-order valence-corrected chi connectivity index (χ3v) is 6.83. The molecule has 1 N–H and O–H groups in total. The molecule has 0 aromatic heterocycles. The summed E-state index contributed by atoms with van der Waals surface area (Å²) in [5, 5.41) is 12.2. The quantitative estimate of drug-likeness (QED) is 0.575. The molecule has 0 atom stereocenters. The van der Waals surface area contributed by atoms with Crippen molar-refractivity contribution >= 4 is 14.7 Å². The van der Waals surface area contributed by atoms with Crippen molar-refractivity contribution in [2.45, 2.75) is 78.7 Å². The second-order valence-electron chi connectivity index (χ2n) is 7.82. The van der Waals surface area contributed by atoms with E-state index in [9.17, 15) is 5.11 Å². The van der Waals surface area contributed by atoms with Crippen LogP contribution >= 0.6 is 0 Å². The number of hydrogen-bond acceptors (Lipinski definition) is 1. The first kappa shape index (κ1) is 20.8. The highest BCUT2D eigenvalue weighted by molar-refractivity contribution is 6.53. The first-order valence-corrected chi connectivity index (χ1v) is 12.1. The molecule has 1 nitrogen and oxygen atoms in total. The lowest BCUT2D eigenvalue weighted by atomic mass is 9.96. The normalized spacial score (nSPS) is 11.5. The van der Waals surface area contributed by atoms with Crippen molar-refractivity contribution in [3.8, 4) is 5.75 Å². The van der Waals surface area contributed by atoms with Crippen LogP contribution in [0.15, 0.2) is 30.3 Å². The van der Waals surface area contributed by atoms with Gasteiger partial charge in [-0.1, -0.05) is 79.4 Å². The number of hydrogen-bond donors (Lipinski definition) is 1. The predicted molar refractivity (Wildman–Crippen MR) is 118 cm³/mol. The average molecular weight is 369 g/mol. The van der Waals surface area contributed by atoms with Crippen molar-refractivity contribution in [3.63, 3.8) is 0 Å². The van der Waals surface area contributed by atoms with Gasteiger partial charge < -0.3 is 5.11 Å².